The summed E-state index contributed by atoms with van der Waals surface area (Å²) in [6, 6.07) is 9.95. The number of aromatic nitrogens is 5. The maximum atomic E-state index is 9.42. The van der Waals surface area contributed by atoms with Gasteiger partial charge in [-0.1, -0.05) is 0 Å². The van der Waals surface area contributed by atoms with Crippen LogP contribution >= 0.6 is 0 Å². The van der Waals surface area contributed by atoms with Crippen LogP contribution < -0.4 is 5.32 Å². The number of nitriles is 1. The predicted octanol–water partition coefficient (Wildman–Crippen LogP) is 3.28. The van der Waals surface area contributed by atoms with Crippen molar-refractivity contribution in [3.05, 3.63) is 54.1 Å². The molecule has 7 heteroatoms. The molecule has 4 aromatic heterocycles. The van der Waals surface area contributed by atoms with E-state index in [0.717, 1.165) is 22.2 Å². The van der Waals surface area contributed by atoms with Gasteiger partial charge >= 0.3 is 0 Å². The van der Waals surface area contributed by atoms with Crippen LogP contribution in [0.3, 0.4) is 0 Å². The monoisotopic (exact) mass is 329 g/mol. The van der Waals surface area contributed by atoms with Gasteiger partial charge in [-0.15, -0.1) is 0 Å². The zero-order valence-corrected chi connectivity index (χ0v) is 13.8. The second-order valence-electron chi connectivity index (χ2n) is 5.78. The van der Waals surface area contributed by atoms with Gasteiger partial charge in [0.2, 0.25) is 0 Å². The fraction of sp³-hybridized carbons (Fsp3) is 0.111. The average Bonchev–Trinajstić information content (AvgIpc) is 3.20. The van der Waals surface area contributed by atoms with Crippen molar-refractivity contribution in [2.75, 3.05) is 5.32 Å². The molecule has 0 saturated carbocycles. The van der Waals surface area contributed by atoms with Crippen molar-refractivity contribution in [2.45, 2.75) is 6.92 Å². The summed E-state index contributed by atoms with van der Waals surface area (Å²) < 4.78 is 1.72. The maximum Gasteiger partial charge on any atom is 0.153 e. The molecule has 0 radical (unpaired) electrons. The van der Waals surface area contributed by atoms with E-state index in [1.165, 1.54) is 0 Å². The van der Waals surface area contributed by atoms with Crippen molar-refractivity contribution in [3.8, 4) is 17.2 Å². The Kier molecular flexibility index (Phi) is 3.43. The third-order valence-corrected chi connectivity index (χ3v) is 3.94. The minimum Gasteiger partial charge on any atom is -0.345 e. The van der Waals surface area contributed by atoms with E-state index in [1.54, 1.807) is 17.1 Å². The lowest BCUT2D eigenvalue weighted by Crippen LogP contribution is -1.97. The molecule has 4 aromatic rings. The Hall–Kier alpha value is -3.66. The largest absolute Gasteiger partial charge is 0.345 e. The number of fused-ring (bicyclic) bond motifs is 1. The lowest BCUT2D eigenvalue weighted by atomic mass is 10.0. The van der Waals surface area contributed by atoms with Gasteiger partial charge in [-0.25, -0.2) is 4.98 Å². The molecule has 122 valence electrons. The molecule has 0 amide bonds. The highest BCUT2D eigenvalue weighted by atomic mass is 15.3. The molecule has 0 unspecified atom stereocenters. The summed E-state index contributed by atoms with van der Waals surface area (Å²) in [7, 11) is 1.86. The van der Waals surface area contributed by atoms with Crippen molar-refractivity contribution in [3.63, 3.8) is 0 Å². The van der Waals surface area contributed by atoms with Crippen LogP contribution in [0.4, 0.5) is 11.6 Å². The van der Waals surface area contributed by atoms with Crippen LogP contribution in [0.2, 0.25) is 0 Å². The molecule has 7 nitrogen and oxygen atoms in total. The van der Waals surface area contributed by atoms with Crippen LogP contribution in [0.1, 0.15) is 11.3 Å². The first-order chi connectivity index (χ1) is 12.1. The number of aromatic amines is 1. The van der Waals surface area contributed by atoms with E-state index in [4.69, 9.17) is 0 Å². The smallest absolute Gasteiger partial charge is 0.153 e. The van der Waals surface area contributed by atoms with Gasteiger partial charge in [0.15, 0.2) is 5.82 Å². The SMILES string of the molecule is Cc1cc(-c2cc(Nc3ccn(C)n3)nc3[nH]cc(C#N)c23)ccn1. The van der Waals surface area contributed by atoms with E-state index < -0.39 is 0 Å². The number of aryl methyl sites for hydroxylation is 2. The van der Waals surface area contributed by atoms with E-state index in [9.17, 15) is 5.26 Å². The van der Waals surface area contributed by atoms with Gasteiger partial charge in [-0.3, -0.25) is 9.67 Å². The number of anilines is 2. The zero-order chi connectivity index (χ0) is 17.4. The Bertz CT molecular complexity index is 1110. The molecule has 0 fully saturated rings. The van der Waals surface area contributed by atoms with E-state index in [2.05, 4.69) is 31.4 Å². The van der Waals surface area contributed by atoms with Crippen molar-refractivity contribution < 1.29 is 0 Å². The Labute approximate surface area is 144 Å². The first-order valence-electron chi connectivity index (χ1n) is 7.76. The highest BCUT2D eigenvalue weighted by Gasteiger charge is 2.14. The number of rotatable bonds is 3. The zero-order valence-electron chi connectivity index (χ0n) is 13.8. The molecule has 0 saturated heterocycles. The fourth-order valence-corrected chi connectivity index (χ4v) is 2.84. The second kappa shape index (κ2) is 5.76. The Morgan fingerprint density at radius 3 is 2.84 bits per heavy atom. The molecule has 0 aromatic carbocycles. The summed E-state index contributed by atoms with van der Waals surface area (Å²) in [5.41, 5.74) is 4.04. The number of H-pyrrole nitrogens is 1. The van der Waals surface area contributed by atoms with Gasteiger partial charge in [-0.05, 0) is 36.2 Å². The number of hydrogen-bond acceptors (Lipinski definition) is 5. The average molecular weight is 329 g/mol. The minimum atomic E-state index is 0.566. The third-order valence-electron chi connectivity index (χ3n) is 3.94. The van der Waals surface area contributed by atoms with Crippen molar-refractivity contribution in [2.24, 2.45) is 7.05 Å². The van der Waals surface area contributed by atoms with Gasteiger partial charge in [-0.2, -0.15) is 10.4 Å². The summed E-state index contributed by atoms with van der Waals surface area (Å²) in [4.78, 5) is 11.9. The van der Waals surface area contributed by atoms with Crippen LogP contribution in [0.5, 0.6) is 0 Å². The summed E-state index contributed by atoms with van der Waals surface area (Å²) in [5, 5.41) is 17.7. The maximum absolute atomic E-state index is 9.42. The van der Waals surface area contributed by atoms with Gasteiger partial charge < -0.3 is 10.3 Å². The lowest BCUT2D eigenvalue weighted by molar-refractivity contribution is 0.771. The van der Waals surface area contributed by atoms with E-state index >= 15 is 0 Å². The molecule has 0 atom stereocenters. The van der Waals surface area contributed by atoms with Crippen LogP contribution in [0.25, 0.3) is 22.2 Å². The third kappa shape index (κ3) is 2.70. The van der Waals surface area contributed by atoms with E-state index in [0.29, 0.717) is 22.8 Å². The standard InChI is InChI=1S/C18H15N7/c1-11-7-12(3-5-20-11)14-8-16(22-15-4-6-25(2)24-15)23-18-17(14)13(9-19)10-21-18/h3-8,10H,1-2H3,(H2,21,22,23,24). The highest BCUT2D eigenvalue weighted by Crippen LogP contribution is 2.33. The molecular formula is C18H15N7. The normalized spacial score (nSPS) is 10.8. The summed E-state index contributed by atoms with van der Waals surface area (Å²) in [5.74, 6) is 1.36. The molecule has 25 heavy (non-hydrogen) atoms. The van der Waals surface area contributed by atoms with Gasteiger partial charge in [0, 0.05) is 42.8 Å². The number of nitrogens with one attached hydrogen (secondary N) is 2. The number of pyridine rings is 2. The van der Waals surface area contributed by atoms with Crippen LogP contribution in [0, 0.1) is 18.3 Å². The van der Waals surface area contributed by atoms with Crippen LogP contribution in [-0.4, -0.2) is 24.7 Å². The van der Waals surface area contributed by atoms with Crippen LogP contribution in [0.15, 0.2) is 42.9 Å². The lowest BCUT2D eigenvalue weighted by Gasteiger charge is -2.09. The molecule has 4 rings (SSSR count). The number of hydrogen-bond donors (Lipinski definition) is 2. The molecular weight excluding hydrogens is 314 g/mol. The quantitative estimate of drug-likeness (QED) is 0.601. The Morgan fingerprint density at radius 1 is 1.24 bits per heavy atom. The highest BCUT2D eigenvalue weighted by molar-refractivity contribution is 5.98. The molecule has 0 aliphatic rings. The van der Waals surface area contributed by atoms with Gasteiger partial charge in [0.1, 0.15) is 17.5 Å². The summed E-state index contributed by atoms with van der Waals surface area (Å²) in [6.07, 6.45) is 5.30. The summed E-state index contributed by atoms with van der Waals surface area (Å²) in [6.45, 7) is 1.94. The molecule has 2 N–H and O–H groups in total. The van der Waals surface area contributed by atoms with Crippen molar-refractivity contribution >= 4 is 22.7 Å². The molecule has 0 aliphatic heterocycles. The predicted molar refractivity (Wildman–Crippen MR) is 95.3 cm³/mol. The summed E-state index contributed by atoms with van der Waals surface area (Å²) >= 11 is 0. The fourth-order valence-electron chi connectivity index (χ4n) is 2.84. The Morgan fingerprint density at radius 2 is 2.12 bits per heavy atom. The van der Waals surface area contributed by atoms with Gasteiger partial charge in [0.25, 0.3) is 0 Å². The second-order valence-corrected chi connectivity index (χ2v) is 5.78. The van der Waals surface area contributed by atoms with Crippen molar-refractivity contribution in [1.82, 2.24) is 24.7 Å². The topological polar surface area (TPSA) is 95.2 Å². The van der Waals surface area contributed by atoms with Gasteiger partial charge in [0.05, 0.1) is 5.56 Å². The first-order valence-corrected chi connectivity index (χ1v) is 7.76. The van der Waals surface area contributed by atoms with E-state index in [-0.39, 0.29) is 0 Å². The van der Waals surface area contributed by atoms with E-state index in [1.807, 2.05) is 44.4 Å². The van der Waals surface area contributed by atoms with Crippen LogP contribution in [-0.2, 0) is 7.05 Å². The molecule has 0 bridgehead atoms. The molecule has 0 aliphatic carbocycles. The first kappa shape index (κ1) is 14.9. The van der Waals surface area contributed by atoms with Crippen molar-refractivity contribution in [1.29, 1.82) is 5.26 Å². The Balaban J connectivity index is 1.91. The number of nitrogens with zero attached hydrogens (tertiary/aromatic N) is 5. The minimum absolute atomic E-state index is 0.566. The molecule has 0 spiro atoms. The molecule has 4 heterocycles.